The smallest absolute Gasteiger partial charge is 0.161 e. The maximum absolute atomic E-state index is 13.7. The van der Waals surface area contributed by atoms with Gasteiger partial charge < -0.3 is 29.7 Å². The molecule has 3 aliphatic carbocycles. The fraction of sp³-hybridized carbons (Fsp3) is 0.392. The molecule has 2 heterocycles. The minimum atomic E-state index is -0.466. The lowest BCUT2D eigenvalue weighted by atomic mass is 9.74. The molecule has 7 nitrogen and oxygen atoms in total. The van der Waals surface area contributed by atoms with Gasteiger partial charge in [-0.2, -0.15) is 0 Å². The number of aliphatic hydroxyl groups excluding tert-OH is 1. The molecule has 8 bridgehead atoms. The van der Waals surface area contributed by atoms with Crippen LogP contribution in [0.1, 0.15) is 110 Å². The van der Waals surface area contributed by atoms with Crippen molar-refractivity contribution >= 4 is 28.3 Å². The molecule has 0 spiro atoms. The molecule has 2 aliphatic heterocycles. The topological polar surface area (TPSA) is 97.3 Å². The summed E-state index contributed by atoms with van der Waals surface area (Å²) in [6, 6.07) is 18.7. The Labute approximate surface area is 342 Å². The van der Waals surface area contributed by atoms with Crippen molar-refractivity contribution in [3.8, 4) is 29.3 Å². The third kappa shape index (κ3) is 8.48. The van der Waals surface area contributed by atoms with E-state index in [1.165, 1.54) is 16.5 Å². The third-order valence-corrected chi connectivity index (χ3v) is 12.5. The van der Waals surface area contributed by atoms with E-state index in [-0.39, 0.29) is 47.4 Å². The minimum Gasteiger partial charge on any atom is -0.508 e. The van der Waals surface area contributed by atoms with Crippen molar-refractivity contribution in [2.45, 2.75) is 103 Å². The Hall–Kier alpha value is -5.61. The van der Waals surface area contributed by atoms with Crippen molar-refractivity contribution in [1.82, 2.24) is 0 Å². The number of aryl methyl sites for hydroxylation is 3. The van der Waals surface area contributed by atoms with E-state index in [4.69, 9.17) is 14.2 Å². The van der Waals surface area contributed by atoms with E-state index in [9.17, 15) is 15.0 Å². The van der Waals surface area contributed by atoms with Gasteiger partial charge in [0.25, 0.3) is 0 Å². The summed E-state index contributed by atoms with van der Waals surface area (Å²) in [5, 5.41) is 27.9. The standard InChI is InChI=1S/C51H55NO6/c1-4-52-40-11-7-9-33(24-40)8-5-6-10-35-17-19-41(53)27-38(35)28-43-29-42(54)18-13-34-14-21-47(56-3)48(25-34)58-31-39-26-37-16-15-36(22-23-57-43)49-46(55)30-45-32(2)12-20-44(39)51(45)50(37)49/h7,9,11-12,14,17,19-21,24-27,30,32,35-36,38,43,52-53,55H,4-6,8,10,13,15-16,18,28-29,31H2,1-3H3. The summed E-state index contributed by atoms with van der Waals surface area (Å²) in [6.07, 6.45) is 20.2. The minimum absolute atomic E-state index is 0.00411. The summed E-state index contributed by atoms with van der Waals surface area (Å²) in [4.78, 5) is 13.7. The average Bonchev–Trinajstić information content (AvgIpc) is 3.22. The molecule has 5 atom stereocenters. The number of nitrogens with one attached hydrogen (secondary N) is 1. The molecule has 58 heavy (non-hydrogen) atoms. The van der Waals surface area contributed by atoms with Gasteiger partial charge in [-0.05, 0) is 150 Å². The van der Waals surface area contributed by atoms with E-state index in [0.29, 0.717) is 37.4 Å². The number of rotatable bonds is 10. The van der Waals surface area contributed by atoms with Gasteiger partial charge >= 0.3 is 0 Å². The lowest BCUT2D eigenvalue weighted by Crippen LogP contribution is -2.24. The first-order valence-electron chi connectivity index (χ1n) is 21.2. The van der Waals surface area contributed by atoms with Crippen LogP contribution in [0.5, 0.6) is 17.2 Å². The van der Waals surface area contributed by atoms with Gasteiger partial charge in [0.2, 0.25) is 0 Å². The van der Waals surface area contributed by atoms with E-state index in [0.717, 1.165) is 84.0 Å². The highest BCUT2D eigenvalue weighted by Gasteiger charge is 2.31. The molecule has 9 rings (SSSR count). The van der Waals surface area contributed by atoms with Crippen LogP contribution in [0.25, 0.3) is 16.8 Å². The predicted molar refractivity (Wildman–Crippen MR) is 232 cm³/mol. The fourth-order valence-corrected chi connectivity index (χ4v) is 9.52. The Kier molecular flexibility index (Phi) is 11.8. The number of carbonyl (C=O) groups excluding carboxylic acids is 1. The number of methoxy groups -OCH3 is 1. The van der Waals surface area contributed by atoms with Gasteiger partial charge in [0.1, 0.15) is 36.1 Å². The Bertz CT molecular complexity index is 2340. The maximum atomic E-state index is 13.7. The number of hydrogen-bond acceptors (Lipinski definition) is 7. The Morgan fingerprint density at radius 3 is 2.71 bits per heavy atom. The first kappa shape index (κ1) is 39.2. The molecule has 5 aliphatic rings. The lowest BCUT2D eigenvalue weighted by molar-refractivity contribution is -0.121. The number of unbranched alkanes of at least 4 members (excludes halogenated alkanes) is 1. The zero-order valence-electron chi connectivity index (χ0n) is 34.0. The molecule has 0 aromatic heterocycles. The van der Waals surface area contributed by atoms with Crippen LogP contribution in [0, 0.1) is 23.9 Å². The summed E-state index contributed by atoms with van der Waals surface area (Å²) in [7, 11) is 1.65. The van der Waals surface area contributed by atoms with E-state index in [2.05, 4.69) is 79.8 Å². The van der Waals surface area contributed by atoms with E-state index in [1.54, 1.807) is 13.2 Å². The third-order valence-electron chi connectivity index (χ3n) is 12.5. The van der Waals surface area contributed by atoms with Crippen molar-refractivity contribution < 1.29 is 29.2 Å². The second kappa shape index (κ2) is 17.5. The van der Waals surface area contributed by atoms with Gasteiger partial charge in [0, 0.05) is 36.6 Å². The Morgan fingerprint density at radius 2 is 1.84 bits per heavy atom. The molecule has 4 aromatic rings. The second-order valence-corrected chi connectivity index (χ2v) is 16.5. The van der Waals surface area contributed by atoms with Gasteiger partial charge in [0.05, 0.1) is 13.0 Å². The molecule has 0 radical (unpaired) electrons. The summed E-state index contributed by atoms with van der Waals surface area (Å²) >= 11 is 0. The highest BCUT2D eigenvalue weighted by Crippen LogP contribution is 2.49. The molecule has 0 saturated carbocycles. The Balaban J connectivity index is 1.08. The van der Waals surface area contributed by atoms with Crippen molar-refractivity contribution in [3.05, 3.63) is 124 Å². The van der Waals surface area contributed by atoms with Crippen molar-refractivity contribution in [2.75, 3.05) is 19.0 Å². The number of aromatic hydroxyl groups is 1. The summed E-state index contributed by atoms with van der Waals surface area (Å²) in [5.41, 5.74) is 8.84. The zero-order chi connectivity index (χ0) is 40.2. The van der Waals surface area contributed by atoms with Gasteiger partial charge in [-0.3, -0.25) is 4.79 Å². The normalized spacial score (nSPS) is 22.3. The number of phenols is 1. The average molecular weight is 778 g/mol. The van der Waals surface area contributed by atoms with Crippen LogP contribution in [-0.4, -0.2) is 35.8 Å². The Morgan fingerprint density at radius 1 is 0.948 bits per heavy atom. The van der Waals surface area contributed by atoms with Gasteiger partial charge in [-0.15, -0.1) is 0 Å². The van der Waals surface area contributed by atoms with Crippen LogP contribution < -0.4 is 14.8 Å². The number of ether oxygens (including phenoxy) is 3. The largest absolute Gasteiger partial charge is 0.508 e. The number of phenolic OH excluding ortho intramolecular Hbond substituents is 1. The molecule has 3 N–H and O–H groups in total. The molecule has 5 unspecified atom stereocenters. The monoisotopic (exact) mass is 777 g/mol. The van der Waals surface area contributed by atoms with E-state index in [1.807, 2.05) is 30.3 Å². The number of fused-ring (bicyclic) bond motifs is 7. The maximum Gasteiger partial charge on any atom is 0.161 e. The van der Waals surface area contributed by atoms with Crippen LogP contribution in [0.2, 0.25) is 0 Å². The summed E-state index contributed by atoms with van der Waals surface area (Å²) in [5.74, 6) is 5.43. The van der Waals surface area contributed by atoms with Crippen LogP contribution in [0.3, 0.4) is 0 Å². The molecule has 300 valence electrons. The SMILES string of the molecule is CCNc1cccc(CCCCC2C=CC(O)=CC2CC2CC(=O)CCc3ccc(OC)c(c3)OCc3cc4c5c(c(O)cc6c5c3C=CC6C)C(C#CO2)CC4)c1. The molecule has 0 saturated heterocycles. The van der Waals surface area contributed by atoms with Crippen molar-refractivity contribution in [2.24, 2.45) is 11.8 Å². The molecular weight excluding hydrogens is 723 g/mol. The number of carbonyl (C=O) groups is 1. The summed E-state index contributed by atoms with van der Waals surface area (Å²) in [6.45, 7) is 5.53. The first-order valence-corrected chi connectivity index (χ1v) is 21.2. The van der Waals surface area contributed by atoms with Crippen LogP contribution in [0.4, 0.5) is 5.69 Å². The van der Waals surface area contributed by atoms with E-state index < -0.39 is 6.10 Å². The molecule has 7 heteroatoms. The number of anilines is 1. The number of allylic oxidation sites excluding steroid dienone is 4. The molecular formula is C51H55NO6. The van der Waals surface area contributed by atoms with E-state index >= 15 is 0 Å². The second-order valence-electron chi connectivity index (χ2n) is 16.5. The molecule has 4 aromatic carbocycles. The number of aliphatic hydroxyl groups is 1. The molecule has 0 amide bonds. The quantitative estimate of drug-likeness (QED) is 0.109. The van der Waals surface area contributed by atoms with Crippen LogP contribution in [-0.2, 0) is 35.4 Å². The highest BCUT2D eigenvalue weighted by atomic mass is 16.5. The molecule has 0 fully saturated rings. The van der Waals surface area contributed by atoms with Crippen molar-refractivity contribution in [1.29, 1.82) is 0 Å². The predicted octanol–water partition coefficient (Wildman–Crippen LogP) is 11.0. The van der Waals surface area contributed by atoms with Crippen LogP contribution in [0.15, 0.2) is 84.7 Å². The van der Waals surface area contributed by atoms with Crippen molar-refractivity contribution in [3.63, 3.8) is 0 Å². The number of benzene rings is 4. The number of ketones is 1. The zero-order valence-corrected chi connectivity index (χ0v) is 34.0. The van der Waals surface area contributed by atoms with Crippen LogP contribution >= 0.6 is 0 Å². The van der Waals surface area contributed by atoms with Gasteiger partial charge in [-0.1, -0.05) is 61.8 Å². The highest BCUT2D eigenvalue weighted by molar-refractivity contribution is 6.03. The fourth-order valence-electron chi connectivity index (χ4n) is 9.52. The number of hydrogen-bond donors (Lipinski definition) is 3. The van der Waals surface area contributed by atoms with Gasteiger partial charge in [0.15, 0.2) is 11.5 Å². The lowest BCUT2D eigenvalue weighted by Gasteiger charge is -2.30. The summed E-state index contributed by atoms with van der Waals surface area (Å²) < 4.78 is 18.7. The van der Waals surface area contributed by atoms with Gasteiger partial charge in [-0.25, -0.2) is 0 Å². The number of Topliss-reactive ketones (excluding diaryl/α,β-unsaturated/α-hetero) is 1. The first-order chi connectivity index (χ1) is 28.3.